The maximum absolute atomic E-state index is 10.5. The Labute approximate surface area is 99.3 Å². The van der Waals surface area contributed by atoms with Crippen LogP contribution < -0.4 is 4.74 Å². The number of carboxylic acid groups (broad SMARTS) is 1. The van der Waals surface area contributed by atoms with Crippen molar-refractivity contribution in [2.24, 2.45) is 0 Å². The van der Waals surface area contributed by atoms with Crippen molar-refractivity contribution in [1.29, 1.82) is 0 Å². The van der Waals surface area contributed by atoms with Crippen LogP contribution in [0.2, 0.25) is 5.02 Å². The van der Waals surface area contributed by atoms with E-state index in [-0.39, 0.29) is 12.2 Å². The van der Waals surface area contributed by atoms with Gasteiger partial charge in [0.15, 0.2) is 0 Å². The average Bonchev–Trinajstić information content (AvgIpc) is 2.20. The van der Waals surface area contributed by atoms with Gasteiger partial charge in [0.05, 0.1) is 5.02 Å². The second kappa shape index (κ2) is 5.56. The quantitative estimate of drug-likeness (QED) is 0.823. The van der Waals surface area contributed by atoms with Gasteiger partial charge in [0.2, 0.25) is 0 Å². The molecule has 0 radical (unpaired) electrons. The minimum absolute atomic E-state index is 0.195. The molecule has 1 aromatic rings. The van der Waals surface area contributed by atoms with E-state index in [1.54, 1.807) is 12.1 Å². The highest BCUT2D eigenvalue weighted by atomic mass is 35.5. The summed E-state index contributed by atoms with van der Waals surface area (Å²) in [6, 6.07) is 5.45. The number of aliphatic carboxylic acids is 1. The lowest BCUT2D eigenvalue weighted by molar-refractivity contribution is -0.132. The van der Waals surface area contributed by atoms with Gasteiger partial charge in [-0.25, -0.2) is 4.79 Å². The number of halogens is 1. The van der Waals surface area contributed by atoms with Crippen molar-refractivity contribution in [3.63, 3.8) is 0 Å². The molecule has 86 valence electrons. The lowest BCUT2D eigenvalue weighted by atomic mass is 10.2. The van der Waals surface area contributed by atoms with Gasteiger partial charge in [0.1, 0.15) is 12.4 Å². The summed E-state index contributed by atoms with van der Waals surface area (Å²) in [6.45, 7) is 3.65. The van der Waals surface area contributed by atoms with Crippen LogP contribution in [0.3, 0.4) is 0 Å². The maximum atomic E-state index is 10.5. The predicted octanol–water partition coefficient (Wildman–Crippen LogP) is 3.06. The first-order valence-corrected chi connectivity index (χ1v) is 5.17. The Morgan fingerprint density at radius 1 is 1.56 bits per heavy atom. The van der Waals surface area contributed by atoms with Crippen molar-refractivity contribution in [1.82, 2.24) is 0 Å². The molecule has 0 bridgehead atoms. The topological polar surface area (TPSA) is 46.5 Å². The fourth-order valence-corrected chi connectivity index (χ4v) is 1.36. The van der Waals surface area contributed by atoms with Gasteiger partial charge >= 0.3 is 5.97 Å². The summed E-state index contributed by atoms with van der Waals surface area (Å²) < 4.78 is 5.34. The van der Waals surface area contributed by atoms with E-state index in [9.17, 15) is 4.79 Å². The van der Waals surface area contributed by atoms with Gasteiger partial charge in [-0.3, -0.25) is 0 Å². The van der Waals surface area contributed by atoms with E-state index in [4.69, 9.17) is 21.4 Å². The smallest absolute Gasteiger partial charge is 0.331 e. The van der Waals surface area contributed by atoms with Crippen molar-refractivity contribution in [3.05, 3.63) is 40.4 Å². The summed E-state index contributed by atoms with van der Waals surface area (Å²) in [5.41, 5.74) is 1.30. The third-order valence-electron chi connectivity index (χ3n) is 2.05. The molecule has 1 aromatic carbocycles. The van der Waals surface area contributed by atoms with Crippen molar-refractivity contribution in [3.8, 4) is 5.75 Å². The minimum atomic E-state index is -0.946. The fourth-order valence-electron chi connectivity index (χ4n) is 1.07. The van der Waals surface area contributed by atoms with Crippen LogP contribution in [-0.4, -0.2) is 17.7 Å². The first-order valence-electron chi connectivity index (χ1n) is 4.79. The molecule has 0 aromatic heterocycles. The van der Waals surface area contributed by atoms with Gasteiger partial charge < -0.3 is 9.84 Å². The van der Waals surface area contributed by atoms with Crippen LogP contribution in [0.15, 0.2) is 29.8 Å². The van der Waals surface area contributed by atoms with Gasteiger partial charge in [0, 0.05) is 5.57 Å². The van der Waals surface area contributed by atoms with Crippen LogP contribution in [0.4, 0.5) is 0 Å². The number of hydrogen-bond donors (Lipinski definition) is 1. The molecule has 0 aliphatic heterocycles. The number of ether oxygens (including phenoxy) is 1. The molecule has 0 atom stereocenters. The zero-order chi connectivity index (χ0) is 12.1. The Morgan fingerprint density at radius 2 is 2.25 bits per heavy atom. The van der Waals surface area contributed by atoms with Crippen molar-refractivity contribution >= 4 is 17.6 Å². The molecule has 0 heterocycles. The normalized spacial score (nSPS) is 11.3. The molecule has 0 fully saturated rings. The SMILES string of the molecule is CC(=CCOc1ccc(C)cc1Cl)C(=O)O. The highest BCUT2D eigenvalue weighted by molar-refractivity contribution is 6.32. The summed E-state index contributed by atoms with van der Waals surface area (Å²) >= 11 is 5.95. The Balaban J connectivity index is 2.62. The minimum Gasteiger partial charge on any atom is -0.488 e. The second-order valence-electron chi connectivity index (χ2n) is 3.44. The van der Waals surface area contributed by atoms with Crippen LogP contribution in [-0.2, 0) is 4.79 Å². The molecule has 0 unspecified atom stereocenters. The van der Waals surface area contributed by atoms with Gasteiger partial charge in [-0.05, 0) is 37.6 Å². The number of carbonyl (C=O) groups is 1. The van der Waals surface area contributed by atoms with E-state index in [2.05, 4.69) is 0 Å². The molecule has 1 rings (SSSR count). The van der Waals surface area contributed by atoms with Gasteiger partial charge in [0.25, 0.3) is 0 Å². The summed E-state index contributed by atoms with van der Waals surface area (Å²) in [7, 11) is 0. The third-order valence-corrected chi connectivity index (χ3v) is 2.35. The Bertz CT molecular complexity index is 424. The van der Waals surface area contributed by atoms with E-state index < -0.39 is 5.97 Å². The van der Waals surface area contributed by atoms with E-state index in [0.29, 0.717) is 10.8 Å². The highest BCUT2D eigenvalue weighted by Crippen LogP contribution is 2.25. The van der Waals surface area contributed by atoms with Crippen LogP contribution >= 0.6 is 11.6 Å². The predicted molar refractivity (Wildman–Crippen MR) is 63.1 cm³/mol. The Hall–Kier alpha value is -1.48. The molecule has 0 spiro atoms. The molecule has 0 aliphatic carbocycles. The Morgan fingerprint density at radius 3 is 2.81 bits per heavy atom. The largest absolute Gasteiger partial charge is 0.488 e. The first kappa shape index (κ1) is 12.6. The molecular formula is C12H13ClO3. The molecule has 0 aliphatic rings. The van der Waals surface area contributed by atoms with Crippen LogP contribution in [0.25, 0.3) is 0 Å². The van der Waals surface area contributed by atoms with Gasteiger partial charge in [-0.15, -0.1) is 0 Å². The zero-order valence-electron chi connectivity index (χ0n) is 9.16. The summed E-state index contributed by atoms with van der Waals surface area (Å²) in [5.74, 6) is -0.389. The molecule has 3 nitrogen and oxygen atoms in total. The summed E-state index contributed by atoms with van der Waals surface area (Å²) in [5, 5.41) is 9.15. The molecule has 16 heavy (non-hydrogen) atoms. The molecule has 0 saturated heterocycles. The van der Waals surface area contributed by atoms with Crippen LogP contribution in [0.1, 0.15) is 12.5 Å². The van der Waals surface area contributed by atoms with E-state index in [1.807, 2.05) is 13.0 Å². The molecule has 4 heteroatoms. The Kier molecular flexibility index (Phi) is 4.38. The van der Waals surface area contributed by atoms with Crippen molar-refractivity contribution < 1.29 is 14.6 Å². The number of aryl methyl sites for hydroxylation is 1. The average molecular weight is 241 g/mol. The molecule has 1 N–H and O–H groups in total. The molecular weight excluding hydrogens is 228 g/mol. The number of hydrogen-bond acceptors (Lipinski definition) is 2. The van der Waals surface area contributed by atoms with E-state index >= 15 is 0 Å². The number of carboxylic acids is 1. The number of benzene rings is 1. The standard InChI is InChI=1S/C12H13ClO3/c1-8-3-4-11(10(13)7-8)16-6-5-9(2)12(14)15/h3-5,7H,6H2,1-2H3,(H,14,15). The van der Waals surface area contributed by atoms with Crippen LogP contribution in [0, 0.1) is 6.92 Å². The van der Waals surface area contributed by atoms with Gasteiger partial charge in [-0.1, -0.05) is 17.7 Å². The maximum Gasteiger partial charge on any atom is 0.331 e. The van der Waals surface area contributed by atoms with Gasteiger partial charge in [-0.2, -0.15) is 0 Å². The highest BCUT2D eigenvalue weighted by Gasteiger charge is 2.02. The van der Waals surface area contributed by atoms with E-state index in [0.717, 1.165) is 5.56 Å². The van der Waals surface area contributed by atoms with Crippen molar-refractivity contribution in [2.75, 3.05) is 6.61 Å². The molecule has 0 amide bonds. The summed E-state index contributed by atoms with van der Waals surface area (Å²) in [4.78, 5) is 10.5. The first-order chi connectivity index (χ1) is 7.50. The van der Waals surface area contributed by atoms with Crippen molar-refractivity contribution in [2.45, 2.75) is 13.8 Å². The van der Waals surface area contributed by atoms with E-state index in [1.165, 1.54) is 13.0 Å². The third kappa shape index (κ3) is 3.59. The zero-order valence-corrected chi connectivity index (χ0v) is 9.91. The lowest BCUT2D eigenvalue weighted by Crippen LogP contribution is -2.01. The number of rotatable bonds is 4. The van der Waals surface area contributed by atoms with Crippen LogP contribution in [0.5, 0.6) is 5.75 Å². The summed E-state index contributed by atoms with van der Waals surface area (Å²) in [6.07, 6.45) is 1.50. The molecule has 0 saturated carbocycles. The monoisotopic (exact) mass is 240 g/mol. The fraction of sp³-hybridized carbons (Fsp3) is 0.250. The lowest BCUT2D eigenvalue weighted by Gasteiger charge is -2.06. The second-order valence-corrected chi connectivity index (χ2v) is 3.84.